The number of aryl methyl sites for hydroxylation is 1. The van der Waals surface area contributed by atoms with Crippen molar-refractivity contribution in [1.82, 2.24) is 9.97 Å². The maximum atomic E-state index is 12.4. The number of nitro groups is 1. The molecule has 0 radical (unpaired) electrons. The molecule has 1 amide bonds. The molecule has 0 saturated heterocycles. The number of nitrogens with zero attached hydrogens (tertiary/aromatic N) is 4. The Morgan fingerprint density at radius 1 is 1.39 bits per heavy atom. The summed E-state index contributed by atoms with van der Waals surface area (Å²) in [6.07, 6.45) is 3.39. The van der Waals surface area contributed by atoms with E-state index in [9.17, 15) is 14.9 Å². The highest BCUT2D eigenvalue weighted by atomic mass is 16.6. The summed E-state index contributed by atoms with van der Waals surface area (Å²) >= 11 is 0. The zero-order valence-corrected chi connectivity index (χ0v) is 13.1. The van der Waals surface area contributed by atoms with Gasteiger partial charge >= 0.3 is 0 Å². The third kappa shape index (κ3) is 3.60. The Morgan fingerprint density at radius 3 is 2.74 bits per heavy atom. The van der Waals surface area contributed by atoms with Gasteiger partial charge in [0.25, 0.3) is 11.6 Å². The lowest BCUT2D eigenvalue weighted by Crippen LogP contribution is -2.18. The molecule has 1 N–H and O–H groups in total. The summed E-state index contributed by atoms with van der Waals surface area (Å²) in [5.41, 5.74) is 1.17. The Kier molecular flexibility index (Phi) is 4.85. The van der Waals surface area contributed by atoms with Crippen LogP contribution in [0.2, 0.25) is 0 Å². The number of hydrogen-bond acceptors (Lipinski definition) is 6. The number of aromatic nitrogens is 2. The SMILES string of the molecule is CCc1ccc(C(=O)Nc2cncnc2N(C)C)cc1[N+](=O)[O-]. The zero-order valence-electron chi connectivity index (χ0n) is 13.1. The molecule has 0 spiro atoms. The van der Waals surface area contributed by atoms with Crippen LogP contribution in [-0.4, -0.2) is 34.9 Å². The molecule has 1 aromatic carbocycles. The first-order valence-corrected chi connectivity index (χ1v) is 7.00. The van der Waals surface area contributed by atoms with Gasteiger partial charge in [-0.1, -0.05) is 13.0 Å². The van der Waals surface area contributed by atoms with Gasteiger partial charge in [0.2, 0.25) is 0 Å². The van der Waals surface area contributed by atoms with Crippen molar-refractivity contribution >= 4 is 23.1 Å². The Bertz CT molecular complexity index is 746. The lowest BCUT2D eigenvalue weighted by Gasteiger charge is -2.15. The summed E-state index contributed by atoms with van der Waals surface area (Å²) in [7, 11) is 3.58. The Hall–Kier alpha value is -3.03. The topological polar surface area (TPSA) is 101 Å². The van der Waals surface area contributed by atoms with Crippen LogP contribution in [0.25, 0.3) is 0 Å². The first-order chi connectivity index (χ1) is 10.9. The van der Waals surface area contributed by atoms with Gasteiger partial charge in [0.05, 0.1) is 11.1 Å². The van der Waals surface area contributed by atoms with Gasteiger partial charge < -0.3 is 10.2 Å². The van der Waals surface area contributed by atoms with Crippen molar-refractivity contribution in [3.8, 4) is 0 Å². The summed E-state index contributed by atoms with van der Waals surface area (Å²) in [5.74, 6) is 0.0988. The molecule has 2 rings (SSSR count). The van der Waals surface area contributed by atoms with Crippen molar-refractivity contribution in [3.05, 3.63) is 52.0 Å². The van der Waals surface area contributed by atoms with Crippen LogP contribution in [-0.2, 0) is 6.42 Å². The fourth-order valence-electron chi connectivity index (χ4n) is 2.14. The molecule has 1 heterocycles. The van der Waals surface area contributed by atoms with Gasteiger partial charge in [0.1, 0.15) is 12.0 Å². The minimum absolute atomic E-state index is 0.0581. The number of nitrogens with one attached hydrogen (secondary N) is 1. The number of anilines is 2. The average molecular weight is 315 g/mol. The number of amides is 1. The monoisotopic (exact) mass is 315 g/mol. The predicted molar refractivity (Wildman–Crippen MR) is 86.8 cm³/mol. The quantitative estimate of drug-likeness (QED) is 0.671. The molecule has 120 valence electrons. The summed E-state index contributed by atoms with van der Waals surface area (Å²) in [4.78, 5) is 32.7. The molecule has 0 saturated carbocycles. The second kappa shape index (κ2) is 6.82. The van der Waals surface area contributed by atoms with E-state index in [4.69, 9.17) is 0 Å². The number of rotatable bonds is 5. The largest absolute Gasteiger partial charge is 0.361 e. The minimum atomic E-state index is -0.480. The van der Waals surface area contributed by atoms with E-state index in [-0.39, 0.29) is 11.3 Å². The minimum Gasteiger partial charge on any atom is -0.361 e. The van der Waals surface area contributed by atoms with Gasteiger partial charge in [-0.3, -0.25) is 14.9 Å². The van der Waals surface area contributed by atoms with Crippen LogP contribution < -0.4 is 10.2 Å². The van der Waals surface area contributed by atoms with Crippen LogP contribution in [0.1, 0.15) is 22.8 Å². The van der Waals surface area contributed by atoms with E-state index in [1.54, 1.807) is 31.1 Å². The fraction of sp³-hybridized carbons (Fsp3) is 0.267. The van der Waals surface area contributed by atoms with E-state index in [0.29, 0.717) is 23.5 Å². The average Bonchev–Trinajstić information content (AvgIpc) is 2.54. The van der Waals surface area contributed by atoms with Gasteiger partial charge in [-0.2, -0.15) is 0 Å². The molecule has 0 aliphatic rings. The van der Waals surface area contributed by atoms with Crippen molar-refractivity contribution in [3.63, 3.8) is 0 Å². The molecule has 2 aromatic rings. The summed E-state index contributed by atoms with van der Waals surface area (Å²) in [5, 5.41) is 13.8. The van der Waals surface area contributed by atoms with E-state index in [1.165, 1.54) is 18.6 Å². The smallest absolute Gasteiger partial charge is 0.273 e. The van der Waals surface area contributed by atoms with Gasteiger partial charge in [-0.05, 0) is 12.5 Å². The normalized spacial score (nSPS) is 10.2. The van der Waals surface area contributed by atoms with E-state index < -0.39 is 10.8 Å². The van der Waals surface area contributed by atoms with Crippen molar-refractivity contribution in [1.29, 1.82) is 0 Å². The first kappa shape index (κ1) is 16.3. The highest BCUT2D eigenvalue weighted by Gasteiger charge is 2.17. The second-order valence-corrected chi connectivity index (χ2v) is 5.06. The van der Waals surface area contributed by atoms with Crippen LogP contribution in [0.3, 0.4) is 0 Å². The van der Waals surface area contributed by atoms with Crippen molar-refractivity contribution in [2.24, 2.45) is 0 Å². The second-order valence-electron chi connectivity index (χ2n) is 5.06. The van der Waals surface area contributed by atoms with Crippen LogP contribution in [0.15, 0.2) is 30.7 Å². The predicted octanol–water partition coefficient (Wildman–Crippen LogP) is 2.27. The highest BCUT2D eigenvalue weighted by molar-refractivity contribution is 6.06. The third-order valence-corrected chi connectivity index (χ3v) is 3.29. The summed E-state index contributed by atoms with van der Waals surface area (Å²) in [6.45, 7) is 1.83. The number of benzene rings is 1. The molecule has 0 bridgehead atoms. The van der Waals surface area contributed by atoms with Gasteiger partial charge in [0.15, 0.2) is 5.82 Å². The molecule has 1 aromatic heterocycles. The molecule has 0 fully saturated rings. The third-order valence-electron chi connectivity index (χ3n) is 3.29. The summed E-state index contributed by atoms with van der Waals surface area (Å²) in [6, 6.07) is 4.45. The van der Waals surface area contributed by atoms with Gasteiger partial charge in [0, 0.05) is 31.3 Å². The van der Waals surface area contributed by atoms with E-state index in [2.05, 4.69) is 15.3 Å². The van der Waals surface area contributed by atoms with Crippen molar-refractivity contribution in [2.45, 2.75) is 13.3 Å². The van der Waals surface area contributed by atoms with Crippen LogP contribution in [0.5, 0.6) is 0 Å². The first-order valence-electron chi connectivity index (χ1n) is 7.00. The van der Waals surface area contributed by atoms with E-state index in [1.807, 2.05) is 6.92 Å². The maximum Gasteiger partial charge on any atom is 0.273 e. The van der Waals surface area contributed by atoms with Crippen LogP contribution in [0, 0.1) is 10.1 Å². The fourth-order valence-corrected chi connectivity index (χ4v) is 2.14. The molecular formula is C15H17N5O3. The highest BCUT2D eigenvalue weighted by Crippen LogP contribution is 2.23. The molecular weight excluding hydrogens is 298 g/mol. The molecule has 0 unspecified atom stereocenters. The van der Waals surface area contributed by atoms with Crippen LogP contribution >= 0.6 is 0 Å². The van der Waals surface area contributed by atoms with E-state index >= 15 is 0 Å². The molecule has 23 heavy (non-hydrogen) atoms. The Morgan fingerprint density at radius 2 is 2.13 bits per heavy atom. The Labute approximate surface area is 133 Å². The molecule has 0 atom stereocenters. The standard InChI is InChI=1S/C15H17N5O3/c1-4-10-5-6-11(7-13(10)20(22)23)15(21)18-12-8-16-9-17-14(12)19(2)3/h5-9H,4H2,1-3H3,(H,18,21). The molecule has 8 nitrogen and oxygen atoms in total. The number of carbonyl (C=O) groups excluding carboxylic acids is 1. The van der Waals surface area contributed by atoms with Gasteiger partial charge in [-0.15, -0.1) is 0 Å². The number of carbonyl (C=O) groups is 1. The molecule has 8 heteroatoms. The zero-order chi connectivity index (χ0) is 17.0. The Balaban J connectivity index is 2.32. The van der Waals surface area contributed by atoms with Crippen molar-refractivity contribution < 1.29 is 9.72 Å². The lowest BCUT2D eigenvalue weighted by atomic mass is 10.1. The van der Waals surface area contributed by atoms with E-state index in [0.717, 1.165) is 0 Å². The summed E-state index contributed by atoms with van der Waals surface area (Å²) < 4.78 is 0. The molecule has 0 aliphatic carbocycles. The lowest BCUT2D eigenvalue weighted by molar-refractivity contribution is -0.385. The maximum absolute atomic E-state index is 12.4. The molecule has 0 aliphatic heterocycles. The van der Waals surface area contributed by atoms with Gasteiger partial charge in [-0.25, -0.2) is 9.97 Å². The van der Waals surface area contributed by atoms with Crippen LogP contribution in [0.4, 0.5) is 17.2 Å². The number of nitro benzene ring substituents is 1. The van der Waals surface area contributed by atoms with Crippen molar-refractivity contribution in [2.75, 3.05) is 24.3 Å². The number of hydrogen-bond donors (Lipinski definition) is 1.